The van der Waals surface area contributed by atoms with E-state index >= 15 is 0 Å². The summed E-state index contributed by atoms with van der Waals surface area (Å²) in [6, 6.07) is 0.291. The van der Waals surface area contributed by atoms with Crippen molar-refractivity contribution in [3.05, 3.63) is 22.5 Å². The van der Waals surface area contributed by atoms with Crippen LogP contribution in [0.4, 0.5) is 5.82 Å². The first kappa shape index (κ1) is 22.5. The molecule has 0 radical (unpaired) electrons. The molecule has 0 unspecified atom stereocenters. The largest absolute Gasteiger partial charge is 0.439 e. The van der Waals surface area contributed by atoms with Crippen LogP contribution < -0.4 is 11.1 Å². The number of aromatic nitrogens is 6. The molecular weight excluding hydrogens is 442 g/mol. The first-order valence-corrected chi connectivity index (χ1v) is 13.4. The fourth-order valence-corrected chi connectivity index (χ4v) is 5.91. The van der Waals surface area contributed by atoms with Crippen LogP contribution in [0.3, 0.4) is 0 Å². The molecule has 3 aliphatic carbocycles. The van der Waals surface area contributed by atoms with Crippen LogP contribution in [-0.4, -0.2) is 35.7 Å². The first-order chi connectivity index (χ1) is 17.0. The van der Waals surface area contributed by atoms with Crippen molar-refractivity contribution in [2.24, 2.45) is 17.8 Å². The van der Waals surface area contributed by atoms with Gasteiger partial charge >= 0.3 is 5.76 Å². The van der Waals surface area contributed by atoms with Crippen molar-refractivity contribution in [3.8, 4) is 11.6 Å². The maximum Gasteiger partial charge on any atom is 0.439 e. The Morgan fingerprint density at radius 2 is 1.97 bits per heavy atom. The number of nitrogens with zero attached hydrogens (tertiary/aromatic N) is 5. The molecule has 3 aromatic heterocycles. The van der Waals surface area contributed by atoms with E-state index in [9.17, 15) is 4.79 Å². The van der Waals surface area contributed by atoms with Crippen molar-refractivity contribution in [1.29, 1.82) is 0 Å². The second-order valence-electron chi connectivity index (χ2n) is 10.9. The molecule has 9 nitrogen and oxygen atoms in total. The monoisotopic (exact) mass is 477 g/mol. The molecule has 3 aliphatic rings. The third-order valence-corrected chi connectivity index (χ3v) is 8.38. The minimum absolute atomic E-state index is 0.230. The van der Waals surface area contributed by atoms with Gasteiger partial charge in [0.2, 0.25) is 11.6 Å². The fourth-order valence-electron chi connectivity index (χ4n) is 5.91. The van der Waals surface area contributed by atoms with Crippen molar-refractivity contribution < 1.29 is 4.52 Å². The molecule has 1 atom stereocenters. The number of rotatable bonds is 7. The summed E-state index contributed by atoms with van der Waals surface area (Å²) in [5.74, 6) is 3.83. The van der Waals surface area contributed by atoms with Crippen LogP contribution in [0, 0.1) is 17.8 Å². The molecule has 2 saturated carbocycles. The van der Waals surface area contributed by atoms with E-state index in [0.29, 0.717) is 29.3 Å². The molecule has 9 heteroatoms. The lowest BCUT2D eigenvalue weighted by Gasteiger charge is -2.32. The van der Waals surface area contributed by atoms with Crippen LogP contribution in [-0.2, 0) is 6.54 Å². The molecule has 2 N–H and O–H groups in total. The number of hydrogen-bond donors (Lipinski definition) is 2. The number of imidazole rings is 1. The lowest BCUT2D eigenvalue weighted by molar-refractivity contribution is 0.266. The standard InChI is InChI=1S/C26H35N7O2/c1-15-10-12-17(13-11-15)14-33-20-21(27-16(2)18-8-5-9-18)28-23(24-31-26(34)35-32-24)29-22(20)30-25(33)19-6-3-4-7-19/h6,15-18H,3-5,7-14H2,1-2H3,(H,27,28,29)(H,31,32,34)/t15?,16-,17?/m1/s1. The molecule has 0 amide bonds. The molecule has 3 aromatic rings. The van der Waals surface area contributed by atoms with E-state index in [0.717, 1.165) is 42.5 Å². The van der Waals surface area contributed by atoms with Gasteiger partial charge in [-0.3, -0.25) is 9.51 Å². The fraction of sp³-hybridized carbons (Fsp3) is 0.654. The zero-order valence-corrected chi connectivity index (χ0v) is 20.7. The van der Waals surface area contributed by atoms with E-state index in [4.69, 9.17) is 19.5 Å². The third-order valence-electron chi connectivity index (χ3n) is 8.38. The number of allylic oxidation sites excluding steroid dienone is 2. The first-order valence-electron chi connectivity index (χ1n) is 13.4. The molecular formula is C26H35N7O2. The normalized spacial score (nSPS) is 23.9. The van der Waals surface area contributed by atoms with Crippen molar-refractivity contribution in [2.45, 2.75) is 90.6 Å². The molecule has 0 saturated heterocycles. The van der Waals surface area contributed by atoms with Gasteiger partial charge in [0.05, 0.1) is 0 Å². The SMILES string of the molecule is CC1CCC(Cn2c(C3=CCCC3)nc3nc(-c4noc(=O)[nH]4)nc(N[C@H](C)C4CCC4)c32)CC1. The number of aromatic amines is 1. The van der Waals surface area contributed by atoms with Crippen LogP contribution in [0.5, 0.6) is 0 Å². The molecule has 0 spiro atoms. The second-order valence-corrected chi connectivity index (χ2v) is 10.9. The Kier molecular flexibility index (Phi) is 5.94. The van der Waals surface area contributed by atoms with Gasteiger partial charge in [-0.1, -0.05) is 37.4 Å². The highest BCUT2D eigenvalue weighted by molar-refractivity contribution is 5.88. The molecule has 0 aliphatic heterocycles. The Bertz CT molecular complexity index is 1290. The van der Waals surface area contributed by atoms with Gasteiger partial charge in [-0.15, -0.1) is 0 Å². The Labute approximate surface area is 204 Å². The van der Waals surface area contributed by atoms with E-state index < -0.39 is 5.76 Å². The number of hydrogen-bond acceptors (Lipinski definition) is 7. The number of nitrogens with one attached hydrogen (secondary N) is 2. The van der Waals surface area contributed by atoms with Gasteiger partial charge in [-0.25, -0.2) is 19.7 Å². The highest BCUT2D eigenvalue weighted by Crippen LogP contribution is 2.37. The van der Waals surface area contributed by atoms with Crippen LogP contribution in [0.15, 0.2) is 15.4 Å². The van der Waals surface area contributed by atoms with Gasteiger partial charge in [0, 0.05) is 12.6 Å². The predicted molar refractivity (Wildman–Crippen MR) is 135 cm³/mol. The molecule has 35 heavy (non-hydrogen) atoms. The summed E-state index contributed by atoms with van der Waals surface area (Å²) in [6.45, 7) is 5.54. The average molecular weight is 478 g/mol. The topological polar surface area (TPSA) is 115 Å². The number of H-pyrrole nitrogens is 1. The van der Waals surface area contributed by atoms with Crippen molar-refractivity contribution in [1.82, 2.24) is 29.7 Å². The molecule has 2 fully saturated rings. The predicted octanol–water partition coefficient (Wildman–Crippen LogP) is 5.16. The van der Waals surface area contributed by atoms with E-state index in [1.54, 1.807) is 0 Å². The Morgan fingerprint density at radius 1 is 1.14 bits per heavy atom. The Hall–Kier alpha value is -2.97. The maximum atomic E-state index is 11.6. The van der Waals surface area contributed by atoms with E-state index in [1.165, 1.54) is 56.9 Å². The van der Waals surface area contributed by atoms with Gasteiger partial charge in [0.1, 0.15) is 11.3 Å². The third kappa shape index (κ3) is 4.41. The van der Waals surface area contributed by atoms with Crippen molar-refractivity contribution in [2.75, 3.05) is 5.32 Å². The number of anilines is 1. The summed E-state index contributed by atoms with van der Waals surface area (Å²) < 4.78 is 7.13. The molecule has 3 heterocycles. The van der Waals surface area contributed by atoms with Gasteiger partial charge in [0.15, 0.2) is 11.5 Å². The van der Waals surface area contributed by atoms with Crippen LogP contribution in [0.2, 0.25) is 0 Å². The summed E-state index contributed by atoms with van der Waals surface area (Å²) in [5, 5.41) is 7.55. The lowest BCUT2D eigenvalue weighted by Crippen LogP contribution is -2.31. The van der Waals surface area contributed by atoms with Crippen LogP contribution in [0.1, 0.15) is 83.9 Å². The van der Waals surface area contributed by atoms with Gasteiger partial charge in [0.25, 0.3) is 0 Å². The molecule has 0 aromatic carbocycles. The van der Waals surface area contributed by atoms with Gasteiger partial charge in [-0.2, -0.15) is 0 Å². The number of fused-ring (bicyclic) bond motifs is 1. The molecule has 0 bridgehead atoms. The van der Waals surface area contributed by atoms with E-state index in [-0.39, 0.29) is 5.82 Å². The highest BCUT2D eigenvalue weighted by atomic mass is 16.5. The summed E-state index contributed by atoms with van der Waals surface area (Å²) in [4.78, 5) is 28.9. The second kappa shape index (κ2) is 9.24. The quantitative estimate of drug-likeness (QED) is 0.483. The van der Waals surface area contributed by atoms with E-state index in [2.05, 4.69) is 39.9 Å². The summed E-state index contributed by atoms with van der Waals surface area (Å²) in [7, 11) is 0. The zero-order valence-electron chi connectivity index (χ0n) is 20.7. The molecule has 6 rings (SSSR count). The minimum Gasteiger partial charge on any atom is -0.365 e. The van der Waals surface area contributed by atoms with Crippen LogP contribution in [0.25, 0.3) is 28.4 Å². The van der Waals surface area contributed by atoms with Crippen LogP contribution >= 0.6 is 0 Å². The van der Waals surface area contributed by atoms with Crippen molar-refractivity contribution >= 4 is 22.6 Å². The average Bonchev–Trinajstić information content (AvgIpc) is 3.54. The highest BCUT2D eigenvalue weighted by Gasteiger charge is 2.29. The summed E-state index contributed by atoms with van der Waals surface area (Å²) in [5.41, 5.74) is 2.92. The summed E-state index contributed by atoms with van der Waals surface area (Å²) >= 11 is 0. The van der Waals surface area contributed by atoms with Crippen molar-refractivity contribution in [3.63, 3.8) is 0 Å². The zero-order chi connectivity index (χ0) is 23.9. The lowest BCUT2D eigenvalue weighted by atomic mass is 9.80. The minimum atomic E-state index is -0.616. The Morgan fingerprint density at radius 3 is 2.63 bits per heavy atom. The maximum absolute atomic E-state index is 11.6. The smallest absolute Gasteiger partial charge is 0.365 e. The van der Waals surface area contributed by atoms with Gasteiger partial charge < -0.3 is 9.88 Å². The Balaban J connectivity index is 1.48. The summed E-state index contributed by atoms with van der Waals surface area (Å²) in [6.07, 6.45) is 14.5. The van der Waals surface area contributed by atoms with Gasteiger partial charge in [-0.05, 0) is 75.2 Å². The molecule has 186 valence electrons. The van der Waals surface area contributed by atoms with E-state index in [1.807, 2.05) is 0 Å².